The Morgan fingerprint density at radius 2 is 2.06 bits per heavy atom. The SMILES string of the molecule is CCCNCC(=O)Nc1ccc(=O)n(CCC)c1. The number of hydrogen-bond donors (Lipinski definition) is 2. The summed E-state index contributed by atoms with van der Waals surface area (Å²) in [6, 6.07) is 3.11. The van der Waals surface area contributed by atoms with Crippen LogP contribution in [0, 0.1) is 0 Å². The van der Waals surface area contributed by atoms with Crippen LogP contribution in [0.1, 0.15) is 26.7 Å². The molecule has 5 heteroatoms. The van der Waals surface area contributed by atoms with Gasteiger partial charge in [0.2, 0.25) is 5.91 Å². The Labute approximate surface area is 107 Å². The van der Waals surface area contributed by atoms with Crippen LogP contribution < -0.4 is 16.2 Å². The Morgan fingerprint density at radius 1 is 1.28 bits per heavy atom. The first-order valence-electron chi connectivity index (χ1n) is 6.38. The van der Waals surface area contributed by atoms with Crippen molar-refractivity contribution >= 4 is 11.6 Å². The van der Waals surface area contributed by atoms with Gasteiger partial charge >= 0.3 is 0 Å². The first kappa shape index (κ1) is 14.4. The zero-order chi connectivity index (χ0) is 13.4. The molecule has 1 heterocycles. The summed E-state index contributed by atoms with van der Waals surface area (Å²) in [7, 11) is 0. The van der Waals surface area contributed by atoms with Crippen molar-refractivity contribution in [3.05, 3.63) is 28.7 Å². The van der Waals surface area contributed by atoms with Crippen molar-refractivity contribution in [3.63, 3.8) is 0 Å². The van der Waals surface area contributed by atoms with Gasteiger partial charge in [0.05, 0.1) is 12.2 Å². The van der Waals surface area contributed by atoms with E-state index in [1.807, 2.05) is 13.8 Å². The maximum atomic E-state index is 11.6. The fourth-order valence-electron chi connectivity index (χ4n) is 1.60. The van der Waals surface area contributed by atoms with E-state index in [1.54, 1.807) is 16.8 Å². The number of hydrogen-bond acceptors (Lipinski definition) is 3. The van der Waals surface area contributed by atoms with Gasteiger partial charge in [-0.25, -0.2) is 0 Å². The van der Waals surface area contributed by atoms with Crippen LogP contribution in [0.25, 0.3) is 0 Å². The van der Waals surface area contributed by atoms with E-state index in [0.29, 0.717) is 18.8 Å². The van der Waals surface area contributed by atoms with Gasteiger partial charge in [-0.1, -0.05) is 13.8 Å². The van der Waals surface area contributed by atoms with Crippen LogP contribution in [0.3, 0.4) is 0 Å². The molecule has 0 saturated heterocycles. The lowest BCUT2D eigenvalue weighted by atomic mass is 10.3. The zero-order valence-corrected chi connectivity index (χ0v) is 11.0. The third-order valence-corrected chi connectivity index (χ3v) is 2.44. The van der Waals surface area contributed by atoms with E-state index in [9.17, 15) is 9.59 Å². The van der Waals surface area contributed by atoms with Gasteiger partial charge < -0.3 is 15.2 Å². The van der Waals surface area contributed by atoms with Crippen LogP contribution in [0.4, 0.5) is 5.69 Å². The van der Waals surface area contributed by atoms with E-state index in [2.05, 4.69) is 10.6 Å². The Balaban J connectivity index is 2.59. The van der Waals surface area contributed by atoms with Crippen molar-refractivity contribution in [1.29, 1.82) is 0 Å². The zero-order valence-electron chi connectivity index (χ0n) is 11.0. The second-order valence-corrected chi connectivity index (χ2v) is 4.17. The number of rotatable bonds is 7. The highest BCUT2D eigenvalue weighted by atomic mass is 16.2. The van der Waals surface area contributed by atoms with Crippen LogP contribution in [-0.4, -0.2) is 23.6 Å². The second-order valence-electron chi connectivity index (χ2n) is 4.17. The quantitative estimate of drug-likeness (QED) is 0.716. The van der Waals surface area contributed by atoms with E-state index in [1.165, 1.54) is 6.07 Å². The van der Waals surface area contributed by atoms with Crippen molar-refractivity contribution in [3.8, 4) is 0 Å². The molecule has 0 bridgehead atoms. The standard InChI is InChI=1S/C13H21N3O2/c1-3-7-14-9-12(17)15-11-5-6-13(18)16(10-11)8-4-2/h5-6,10,14H,3-4,7-9H2,1-2H3,(H,15,17). The predicted molar refractivity (Wildman–Crippen MR) is 72.8 cm³/mol. The van der Waals surface area contributed by atoms with Gasteiger partial charge in [-0.15, -0.1) is 0 Å². The summed E-state index contributed by atoms with van der Waals surface area (Å²) < 4.78 is 1.61. The normalized spacial score (nSPS) is 10.3. The Kier molecular flexibility index (Phi) is 6.14. The molecule has 0 fully saturated rings. The lowest BCUT2D eigenvalue weighted by molar-refractivity contribution is -0.115. The number of aromatic nitrogens is 1. The van der Waals surface area contributed by atoms with Crippen LogP contribution in [0.2, 0.25) is 0 Å². The first-order valence-corrected chi connectivity index (χ1v) is 6.38. The lowest BCUT2D eigenvalue weighted by Crippen LogP contribution is -2.29. The molecule has 1 aromatic heterocycles. The molecule has 18 heavy (non-hydrogen) atoms. The van der Waals surface area contributed by atoms with Gasteiger partial charge in [0, 0.05) is 18.8 Å². The largest absolute Gasteiger partial charge is 0.324 e. The summed E-state index contributed by atoms with van der Waals surface area (Å²) in [5, 5.41) is 5.79. The van der Waals surface area contributed by atoms with Crippen molar-refractivity contribution < 1.29 is 4.79 Å². The van der Waals surface area contributed by atoms with Gasteiger partial charge in [-0.2, -0.15) is 0 Å². The van der Waals surface area contributed by atoms with Crippen molar-refractivity contribution in [1.82, 2.24) is 9.88 Å². The monoisotopic (exact) mass is 251 g/mol. The molecule has 0 aromatic carbocycles. The average Bonchev–Trinajstić information content (AvgIpc) is 2.34. The lowest BCUT2D eigenvalue weighted by Gasteiger charge is -2.09. The van der Waals surface area contributed by atoms with Crippen LogP contribution in [0.15, 0.2) is 23.1 Å². The molecule has 5 nitrogen and oxygen atoms in total. The summed E-state index contributed by atoms with van der Waals surface area (Å²) in [5.74, 6) is -0.0925. The fraction of sp³-hybridized carbons (Fsp3) is 0.538. The summed E-state index contributed by atoms with van der Waals surface area (Å²) in [6.45, 7) is 5.83. The van der Waals surface area contributed by atoms with Gasteiger partial charge in [-0.3, -0.25) is 9.59 Å². The van der Waals surface area contributed by atoms with Gasteiger partial charge in [-0.05, 0) is 25.5 Å². The van der Waals surface area contributed by atoms with E-state index < -0.39 is 0 Å². The number of nitrogens with zero attached hydrogens (tertiary/aromatic N) is 1. The highest BCUT2D eigenvalue weighted by Crippen LogP contribution is 2.03. The fourth-order valence-corrected chi connectivity index (χ4v) is 1.60. The predicted octanol–water partition coefficient (Wildman–Crippen LogP) is 1.20. The number of anilines is 1. The van der Waals surface area contributed by atoms with E-state index in [-0.39, 0.29) is 11.5 Å². The molecular weight excluding hydrogens is 230 g/mol. The molecule has 0 saturated carbocycles. The maximum Gasteiger partial charge on any atom is 0.250 e. The topological polar surface area (TPSA) is 63.1 Å². The minimum absolute atomic E-state index is 0.0426. The molecule has 0 unspecified atom stereocenters. The van der Waals surface area contributed by atoms with Gasteiger partial charge in [0.25, 0.3) is 5.56 Å². The van der Waals surface area contributed by atoms with E-state index in [4.69, 9.17) is 0 Å². The Bertz CT molecular complexity index is 440. The first-order chi connectivity index (χ1) is 8.67. The smallest absolute Gasteiger partial charge is 0.250 e. The number of amides is 1. The molecule has 100 valence electrons. The van der Waals surface area contributed by atoms with Crippen molar-refractivity contribution in [2.75, 3.05) is 18.4 Å². The maximum absolute atomic E-state index is 11.6. The molecule has 0 aliphatic carbocycles. The van der Waals surface area contributed by atoms with Crippen LogP contribution in [0.5, 0.6) is 0 Å². The number of carbonyl (C=O) groups is 1. The van der Waals surface area contributed by atoms with E-state index >= 15 is 0 Å². The molecule has 1 amide bonds. The Morgan fingerprint density at radius 3 is 2.72 bits per heavy atom. The highest BCUT2D eigenvalue weighted by molar-refractivity contribution is 5.92. The van der Waals surface area contributed by atoms with Gasteiger partial charge in [0.1, 0.15) is 0 Å². The van der Waals surface area contributed by atoms with Crippen molar-refractivity contribution in [2.45, 2.75) is 33.2 Å². The molecular formula is C13H21N3O2. The molecule has 1 rings (SSSR count). The summed E-state index contributed by atoms with van der Waals surface area (Å²) >= 11 is 0. The molecule has 2 N–H and O–H groups in total. The van der Waals surface area contributed by atoms with Gasteiger partial charge in [0.15, 0.2) is 0 Å². The van der Waals surface area contributed by atoms with Crippen molar-refractivity contribution in [2.24, 2.45) is 0 Å². The summed E-state index contributed by atoms with van der Waals surface area (Å²) in [4.78, 5) is 23.1. The molecule has 0 aliphatic heterocycles. The third kappa shape index (κ3) is 4.71. The third-order valence-electron chi connectivity index (χ3n) is 2.44. The number of pyridine rings is 1. The van der Waals surface area contributed by atoms with Crippen LogP contribution in [-0.2, 0) is 11.3 Å². The number of nitrogens with one attached hydrogen (secondary N) is 2. The minimum atomic E-state index is -0.0925. The van der Waals surface area contributed by atoms with Crippen LogP contribution >= 0.6 is 0 Å². The molecule has 1 aromatic rings. The Hall–Kier alpha value is -1.62. The second kappa shape index (κ2) is 7.66. The summed E-state index contributed by atoms with van der Waals surface area (Å²) in [5.41, 5.74) is 0.616. The molecule has 0 spiro atoms. The minimum Gasteiger partial charge on any atom is -0.324 e. The average molecular weight is 251 g/mol. The summed E-state index contributed by atoms with van der Waals surface area (Å²) in [6.07, 6.45) is 3.56. The number of aryl methyl sites for hydroxylation is 1. The molecule has 0 radical (unpaired) electrons. The number of carbonyl (C=O) groups excluding carboxylic acids is 1. The molecule has 0 aliphatic rings. The molecule has 0 atom stereocenters. The van der Waals surface area contributed by atoms with E-state index in [0.717, 1.165) is 19.4 Å². The highest BCUT2D eigenvalue weighted by Gasteiger charge is 2.03.